The van der Waals surface area contributed by atoms with Crippen molar-refractivity contribution in [1.82, 2.24) is 14.9 Å². The van der Waals surface area contributed by atoms with E-state index in [9.17, 15) is 4.79 Å². The number of hydrogen-bond acceptors (Lipinski definition) is 4. The van der Waals surface area contributed by atoms with Gasteiger partial charge in [-0.1, -0.05) is 30.3 Å². The summed E-state index contributed by atoms with van der Waals surface area (Å²) in [6.07, 6.45) is 4.19. The number of rotatable bonds is 2. The van der Waals surface area contributed by atoms with Gasteiger partial charge in [-0.3, -0.25) is 9.78 Å². The molecular formula is C17H19N3OS. The fourth-order valence-electron chi connectivity index (χ4n) is 2.57. The SMILES string of the molecule is Cc1cnc(C(=O)N2CCSC(c3ccccc3)CC2)cn1. The van der Waals surface area contributed by atoms with Gasteiger partial charge in [0.05, 0.1) is 11.9 Å². The Morgan fingerprint density at radius 3 is 2.73 bits per heavy atom. The van der Waals surface area contributed by atoms with E-state index in [1.165, 1.54) is 5.56 Å². The van der Waals surface area contributed by atoms with E-state index in [1.54, 1.807) is 12.4 Å². The lowest BCUT2D eigenvalue weighted by Crippen LogP contribution is -2.33. The lowest BCUT2D eigenvalue weighted by molar-refractivity contribution is 0.0760. The van der Waals surface area contributed by atoms with Crippen molar-refractivity contribution in [3.8, 4) is 0 Å². The molecule has 1 aliphatic rings. The molecule has 0 spiro atoms. The molecule has 1 aromatic heterocycles. The minimum absolute atomic E-state index is 0.0122. The van der Waals surface area contributed by atoms with Gasteiger partial charge in [-0.25, -0.2) is 4.98 Å². The second kappa shape index (κ2) is 6.92. The normalized spacial score (nSPS) is 18.8. The Balaban J connectivity index is 1.67. The smallest absolute Gasteiger partial charge is 0.274 e. The Hall–Kier alpha value is -1.88. The lowest BCUT2D eigenvalue weighted by Gasteiger charge is -2.19. The molecule has 1 amide bonds. The molecule has 1 fully saturated rings. The third-order valence-electron chi connectivity index (χ3n) is 3.80. The highest BCUT2D eigenvalue weighted by Gasteiger charge is 2.23. The summed E-state index contributed by atoms with van der Waals surface area (Å²) < 4.78 is 0. The Morgan fingerprint density at radius 1 is 1.18 bits per heavy atom. The van der Waals surface area contributed by atoms with Crippen LogP contribution in [0.15, 0.2) is 42.7 Å². The fraction of sp³-hybridized carbons (Fsp3) is 0.353. The molecule has 3 rings (SSSR count). The van der Waals surface area contributed by atoms with E-state index >= 15 is 0 Å². The van der Waals surface area contributed by atoms with Gasteiger partial charge in [-0.15, -0.1) is 0 Å². The van der Waals surface area contributed by atoms with Crippen LogP contribution >= 0.6 is 11.8 Å². The molecular weight excluding hydrogens is 294 g/mol. The van der Waals surface area contributed by atoms with Crippen LogP contribution in [0, 0.1) is 6.92 Å². The summed E-state index contributed by atoms with van der Waals surface area (Å²) in [5.41, 5.74) is 2.61. The van der Waals surface area contributed by atoms with Gasteiger partial charge in [0.1, 0.15) is 5.69 Å². The van der Waals surface area contributed by atoms with Gasteiger partial charge in [-0.05, 0) is 18.9 Å². The third kappa shape index (κ3) is 3.47. The van der Waals surface area contributed by atoms with E-state index in [2.05, 4.69) is 34.2 Å². The summed E-state index contributed by atoms with van der Waals surface area (Å²) in [5.74, 6) is 0.937. The van der Waals surface area contributed by atoms with E-state index in [1.807, 2.05) is 29.7 Å². The summed E-state index contributed by atoms with van der Waals surface area (Å²) in [6, 6.07) is 10.5. The predicted octanol–water partition coefficient (Wildman–Crippen LogP) is 3.11. The van der Waals surface area contributed by atoms with Crippen molar-refractivity contribution in [3.05, 3.63) is 59.7 Å². The van der Waals surface area contributed by atoms with Gasteiger partial charge in [0.2, 0.25) is 0 Å². The zero-order chi connectivity index (χ0) is 15.4. The van der Waals surface area contributed by atoms with Crippen LogP contribution in [0.25, 0.3) is 0 Å². The van der Waals surface area contributed by atoms with Gasteiger partial charge in [-0.2, -0.15) is 11.8 Å². The quantitative estimate of drug-likeness (QED) is 0.854. The number of amides is 1. The average molecular weight is 313 g/mol. The van der Waals surface area contributed by atoms with Crippen molar-refractivity contribution < 1.29 is 4.79 Å². The van der Waals surface area contributed by atoms with E-state index in [0.29, 0.717) is 10.9 Å². The van der Waals surface area contributed by atoms with Crippen LogP contribution in [0.2, 0.25) is 0 Å². The first-order valence-corrected chi connectivity index (χ1v) is 8.53. The first-order chi connectivity index (χ1) is 10.7. The Kier molecular flexibility index (Phi) is 4.73. The second-order valence-electron chi connectivity index (χ2n) is 5.39. The predicted molar refractivity (Wildman–Crippen MR) is 88.9 cm³/mol. The highest BCUT2D eigenvalue weighted by Crippen LogP contribution is 2.34. The molecule has 1 saturated heterocycles. The maximum atomic E-state index is 12.5. The molecule has 0 saturated carbocycles. The molecule has 5 heteroatoms. The Labute approximate surface area is 135 Å². The fourth-order valence-corrected chi connectivity index (χ4v) is 3.80. The number of aryl methyl sites for hydroxylation is 1. The van der Waals surface area contributed by atoms with Gasteiger partial charge >= 0.3 is 0 Å². The molecule has 2 aromatic rings. The number of carbonyl (C=O) groups is 1. The Morgan fingerprint density at radius 2 is 2.00 bits per heavy atom. The summed E-state index contributed by atoms with van der Waals surface area (Å²) in [7, 11) is 0. The van der Waals surface area contributed by atoms with Crippen molar-refractivity contribution in [1.29, 1.82) is 0 Å². The zero-order valence-electron chi connectivity index (χ0n) is 12.6. The highest BCUT2D eigenvalue weighted by molar-refractivity contribution is 7.99. The molecule has 1 atom stereocenters. The first kappa shape index (κ1) is 15.0. The van der Waals surface area contributed by atoms with E-state index < -0.39 is 0 Å². The molecule has 0 aliphatic carbocycles. The standard InChI is InChI=1S/C17H19N3OS/c1-13-11-19-15(12-18-13)17(21)20-8-7-16(22-10-9-20)14-5-3-2-4-6-14/h2-6,11-12,16H,7-10H2,1H3. The van der Waals surface area contributed by atoms with Crippen LogP contribution in [0.4, 0.5) is 0 Å². The van der Waals surface area contributed by atoms with Gasteiger partial charge in [0.25, 0.3) is 5.91 Å². The number of benzene rings is 1. The van der Waals surface area contributed by atoms with Crippen molar-refractivity contribution in [3.63, 3.8) is 0 Å². The van der Waals surface area contributed by atoms with E-state index in [-0.39, 0.29) is 5.91 Å². The molecule has 22 heavy (non-hydrogen) atoms. The molecule has 1 aliphatic heterocycles. The lowest BCUT2D eigenvalue weighted by atomic mass is 10.1. The van der Waals surface area contributed by atoms with Crippen molar-refractivity contribution >= 4 is 17.7 Å². The summed E-state index contributed by atoms with van der Waals surface area (Å²) in [4.78, 5) is 22.8. The molecule has 1 unspecified atom stereocenters. The van der Waals surface area contributed by atoms with Crippen LogP contribution in [-0.4, -0.2) is 39.6 Å². The number of nitrogens with zero attached hydrogens (tertiary/aromatic N) is 3. The van der Waals surface area contributed by atoms with Crippen LogP contribution in [0.3, 0.4) is 0 Å². The maximum absolute atomic E-state index is 12.5. The van der Waals surface area contributed by atoms with Crippen LogP contribution in [0.5, 0.6) is 0 Å². The summed E-state index contributed by atoms with van der Waals surface area (Å²) in [5, 5.41) is 0.461. The summed E-state index contributed by atoms with van der Waals surface area (Å²) in [6.45, 7) is 3.40. The number of aromatic nitrogens is 2. The van der Waals surface area contributed by atoms with Crippen molar-refractivity contribution in [2.24, 2.45) is 0 Å². The van der Waals surface area contributed by atoms with Crippen LogP contribution in [0.1, 0.15) is 33.4 Å². The van der Waals surface area contributed by atoms with Crippen LogP contribution in [-0.2, 0) is 0 Å². The minimum Gasteiger partial charge on any atom is -0.336 e. The van der Waals surface area contributed by atoms with Gasteiger partial charge < -0.3 is 4.90 Å². The van der Waals surface area contributed by atoms with Gasteiger partial charge in [0.15, 0.2) is 0 Å². The zero-order valence-corrected chi connectivity index (χ0v) is 13.4. The summed E-state index contributed by atoms with van der Waals surface area (Å²) >= 11 is 1.93. The largest absolute Gasteiger partial charge is 0.336 e. The Bertz CT molecular complexity index is 630. The molecule has 2 heterocycles. The number of thioether (sulfide) groups is 1. The van der Waals surface area contributed by atoms with Crippen molar-refractivity contribution in [2.75, 3.05) is 18.8 Å². The topological polar surface area (TPSA) is 46.1 Å². The highest BCUT2D eigenvalue weighted by atomic mass is 32.2. The van der Waals surface area contributed by atoms with Crippen molar-refractivity contribution in [2.45, 2.75) is 18.6 Å². The van der Waals surface area contributed by atoms with Gasteiger partial charge in [0, 0.05) is 30.3 Å². The number of carbonyl (C=O) groups excluding carboxylic acids is 1. The molecule has 0 bridgehead atoms. The monoisotopic (exact) mass is 313 g/mol. The molecule has 0 radical (unpaired) electrons. The third-order valence-corrected chi connectivity index (χ3v) is 5.13. The number of hydrogen-bond donors (Lipinski definition) is 0. The van der Waals surface area contributed by atoms with Crippen LogP contribution < -0.4 is 0 Å². The maximum Gasteiger partial charge on any atom is 0.274 e. The van der Waals surface area contributed by atoms with E-state index in [0.717, 1.165) is 31.0 Å². The molecule has 0 N–H and O–H groups in total. The average Bonchev–Trinajstić information content (AvgIpc) is 2.82. The first-order valence-electron chi connectivity index (χ1n) is 7.48. The second-order valence-corrected chi connectivity index (χ2v) is 6.70. The molecule has 114 valence electrons. The molecule has 4 nitrogen and oxygen atoms in total. The minimum atomic E-state index is -0.0122. The molecule has 1 aromatic carbocycles. The van der Waals surface area contributed by atoms with E-state index in [4.69, 9.17) is 0 Å².